The van der Waals surface area contributed by atoms with E-state index in [4.69, 9.17) is 0 Å². The second kappa shape index (κ2) is 20.0. The summed E-state index contributed by atoms with van der Waals surface area (Å²) < 4.78 is 3.34. The molecule has 0 heterocycles. The van der Waals surface area contributed by atoms with E-state index in [9.17, 15) is 0 Å². The van der Waals surface area contributed by atoms with Crippen LogP contribution in [0, 0.1) is 31.1 Å². The van der Waals surface area contributed by atoms with E-state index in [0.29, 0.717) is 5.92 Å². The average Bonchev–Trinajstić information content (AvgIpc) is 3.49. The third-order valence-electron chi connectivity index (χ3n) is 7.14. The summed E-state index contributed by atoms with van der Waals surface area (Å²) in [4.78, 5) is 0. The van der Waals surface area contributed by atoms with Crippen LogP contribution in [-0.4, -0.2) is 12.3 Å². The maximum absolute atomic E-state index is 3.67. The van der Waals surface area contributed by atoms with Gasteiger partial charge in [0.05, 0.1) is 0 Å². The topological polar surface area (TPSA) is 0 Å². The van der Waals surface area contributed by atoms with Crippen molar-refractivity contribution < 1.29 is 24.2 Å². The van der Waals surface area contributed by atoms with Crippen LogP contribution in [0.1, 0.15) is 84.6 Å². The number of benzene rings is 3. The molecule has 0 saturated carbocycles. The van der Waals surface area contributed by atoms with E-state index in [1.54, 1.807) is 12.1 Å². The molecule has 0 N–H and O–H groups in total. The molecule has 0 aromatic heterocycles. The van der Waals surface area contributed by atoms with Gasteiger partial charge in [0, 0.05) is 0 Å². The molecule has 0 saturated heterocycles. The molecule has 0 radical (unpaired) electrons. The summed E-state index contributed by atoms with van der Waals surface area (Å²) in [5.41, 5.74) is 10.1. The van der Waals surface area contributed by atoms with Gasteiger partial charge in [-0.15, -0.1) is 35.9 Å². The van der Waals surface area contributed by atoms with Crippen LogP contribution >= 0.6 is 24.8 Å². The summed E-state index contributed by atoms with van der Waals surface area (Å²) >= 11 is 1.30. The first-order chi connectivity index (χ1) is 19.6. The largest absolute Gasteiger partial charge is 0.184 e. The van der Waals surface area contributed by atoms with Crippen molar-refractivity contribution in [2.45, 2.75) is 99.2 Å². The van der Waals surface area contributed by atoms with E-state index in [0.717, 1.165) is 6.42 Å². The van der Waals surface area contributed by atoms with Gasteiger partial charge < -0.3 is 6.92 Å². The van der Waals surface area contributed by atoms with Crippen molar-refractivity contribution in [3.05, 3.63) is 125 Å². The van der Waals surface area contributed by atoms with Crippen LogP contribution in [0.4, 0.5) is 0 Å². The maximum atomic E-state index is 3.67. The zero-order valence-electron chi connectivity index (χ0n) is 29.4. The van der Waals surface area contributed by atoms with Crippen molar-refractivity contribution in [1.29, 1.82) is 0 Å². The fourth-order valence-electron chi connectivity index (χ4n) is 5.02. The van der Waals surface area contributed by atoms with Gasteiger partial charge in [-0.2, -0.15) is 73.2 Å². The van der Waals surface area contributed by atoms with Gasteiger partial charge in [-0.1, -0.05) is 105 Å². The number of rotatable bonds is 1. The van der Waals surface area contributed by atoms with Crippen LogP contribution < -0.4 is 0 Å². The van der Waals surface area contributed by atoms with Crippen molar-refractivity contribution in [2.75, 3.05) is 0 Å². The number of fused-ring (bicyclic) bond motifs is 3. The molecule has 3 aromatic carbocycles. The molecule has 1 atom stereocenters. The van der Waals surface area contributed by atoms with Gasteiger partial charge >= 0.3 is 28.4 Å². The van der Waals surface area contributed by atoms with E-state index in [1.165, 1.54) is 63.2 Å². The van der Waals surface area contributed by atoms with Crippen molar-refractivity contribution in [3.63, 3.8) is 0 Å². The average molecular weight is 727 g/mol. The first-order valence-corrected chi connectivity index (χ1v) is 20.3. The molecule has 2 aliphatic carbocycles. The monoisotopic (exact) mass is 724 g/mol. The normalized spacial score (nSPS) is 14.2. The van der Waals surface area contributed by atoms with Crippen LogP contribution in [0.25, 0.3) is 11.1 Å². The van der Waals surface area contributed by atoms with E-state index in [-0.39, 0.29) is 35.6 Å². The molecule has 4 heteroatoms. The Balaban J connectivity index is 0. The summed E-state index contributed by atoms with van der Waals surface area (Å²) in [5.74, 6) is 0.553. The van der Waals surface area contributed by atoms with Crippen molar-refractivity contribution in [1.82, 2.24) is 0 Å². The molecule has 44 heavy (non-hydrogen) atoms. The smallest absolute Gasteiger partial charge is 0.171 e. The molecule has 5 rings (SSSR count). The molecule has 0 nitrogen and oxygen atoms in total. The number of halogens is 2. The molecule has 0 amide bonds. The van der Waals surface area contributed by atoms with Gasteiger partial charge in [-0.25, -0.2) is 10.8 Å². The summed E-state index contributed by atoms with van der Waals surface area (Å²) in [7, 11) is -1.07. The zero-order chi connectivity index (χ0) is 32.3. The van der Waals surface area contributed by atoms with Crippen molar-refractivity contribution in [3.8, 4) is 11.1 Å². The predicted molar refractivity (Wildman–Crippen MR) is 202 cm³/mol. The van der Waals surface area contributed by atoms with Gasteiger partial charge in [-0.3, -0.25) is 6.08 Å². The molecule has 0 spiro atoms. The third kappa shape index (κ3) is 13.6. The third-order valence-corrected chi connectivity index (χ3v) is 9.30. The molecule has 0 aliphatic heterocycles. The minimum Gasteiger partial charge on any atom is -0.184 e. The minimum absolute atomic E-state index is 0. The SMILES string of the molecule is CC(C)(C)c1[c-]c2c(cc1)-c1ccc(C(C)(C)C)cc1C2.CC1=[C-]C(C)C=C1[Si](C)(C)C.Cl.Cl.[CH2-]C.[CH2]=[Zr].[c-]1ccccc1. The zero-order valence-corrected chi connectivity index (χ0v) is 34.5. The number of allylic oxidation sites excluding steroid dienone is 4. The Labute approximate surface area is 300 Å². The first-order valence-electron chi connectivity index (χ1n) is 15.1. The molecule has 242 valence electrons. The Morgan fingerprint density at radius 1 is 0.841 bits per heavy atom. The van der Waals surface area contributed by atoms with Crippen LogP contribution in [0.15, 0.2) is 77.5 Å². The van der Waals surface area contributed by atoms with Crippen LogP contribution in [0.3, 0.4) is 0 Å². The van der Waals surface area contributed by atoms with Crippen molar-refractivity contribution in [2.24, 2.45) is 5.92 Å². The fourth-order valence-corrected chi connectivity index (χ4v) is 6.97. The second-order valence-electron chi connectivity index (χ2n) is 13.8. The quantitative estimate of drug-likeness (QED) is 0.135. The summed E-state index contributed by atoms with van der Waals surface area (Å²) in [5, 5.41) is 1.60. The van der Waals surface area contributed by atoms with Crippen molar-refractivity contribution >= 4 is 37.1 Å². The van der Waals surface area contributed by atoms with Crippen LogP contribution in [0.2, 0.25) is 19.6 Å². The molecule has 0 fully saturated rings. The molecule has 0 bridgehead atoms. The molecular formula is C40H56Cl2SiZr-4. The Hall–Kier alpha value is -1.31. The van der Waals surface area contributed by atoms with E-state index in [2.05, 4.69) is 141 Å². The van der Waals surface area contributed by atoms with Gasteiger partial charge in [0.1, 0.15) is 0 Å². The number of hydrogen-bond donors (Lipinski definition) is 0. The van der Waals surface area contributed by atoms with E-state index >= 15 is 0 Å². The molecular weight excluding hydrogens is 671 g/mol. The summed E-state index contributed by atoms with van der Waals surface area (Å²) in [6.07, 6.45) is 6.83. The molecule has 2 aliphatic rings. The Bertz CT molecular complexity index is 1230. The number of hydrogen-bond acceptors (Lipinski definition) is 0. The van der Waals surface area contributed by atoms with E-state index < -0.39 is 8.07 Å². The van der Waals surface area contributed by atoms with Gasteiger partial charge in [0.15, 0.2) is 0 Å². The van der Waals surface area contributed by atoms with Gasteiger partial charge in [-0.05, 0) is 36.5 Å². The maximum Gasteiger partial charge on any atom is -0.171 e. The van der Waals surface area contributed by atoms with Crippen LogP contribution in [-0.2, 0) is 41.5 Å². The molecule has 1 unspecified atom stereocenters. The van der Waals surface area contributed by atoms with Gasteiger partial charge in [0.2, 0.25) is 0 Å². The summed E-state index contributed by atoms with van der Waals surface area (Å²) in [6.45, 7) is 30.2. The fraction of sp³-hybridized carbons (Fsp3) is 0.400. The predicted octanol–water partition coefficient (Wildman–Crippen LogP) is 12.0. The first kappa shape index (κ1) is 44.8. The second-order valence-corrected chi connectivity index (χ2v) is 18.8. The molecule has 3 aromatic rings. The Morgan fingerprint density at radius 3 is 1.75 bits per heavy atom. The minimum atomic E-state index is -1.07. The Morgan fingerprint density at radius 2 is 1.39 bits per heavy atom. The van der Waals surface area contributed by atoms with Gasteiger partial charge in [0.25, 0.3) is 0 Å². The summed E-state index contributed by atoms with van der Waals surface area (Å²) in [6, 6.07) is 27.7. The standard InChI is InChI=1S/C21H25.C10H17Si.C6H5.C2H5.CH2.2ClH.Zr/c1-20(2,3)16-7-9-18-14(12-16)11-15-13-17(21(4,5)6)8-10-19(15)18;1-8-6-9(2)10(7-8)11(3,4)5;1-2-4-6-5-3-1;1-2;;;;/h7-10,12H,11H2,1-6H3;7-8H,1-5H3;1-5H;1H2,2H3;1H2;2*1H;/q4*-1;;;;. The van der Waals surface area contributed by atoms with E-state index in [1.807, 2.05) is 30.3 Å². The van der Waals surface area contributed by atoms with Crippen LogP contribution in [0.5, 0.6) is 0 Å². The Kier molecular flexibility index (Phi) is 20.4.